The first-order valence-corrected chi connectivity index (χ1v) is 16.7. The number of ether oxygens (including phenoxy) is 10. The lowest BCUT2D eigenvalue weighted by Gasteiger charge is -2.19. The third-order valence-corrected chi connectivity index (χ3v) is 5.83. The molecule has 0 spiro atoms. The number of carbonyl (C=O) groups excluding carboxylic acids is 1. The van der Waals surface area contributed by atoms with Crippen molar-refractivity contribution in [2.24, 2.45) is 0 Å². The molecule has 0 aromatic carbocycles. The van der Waals surface area contributed by atoms with E-state index in [1.807, 2.05) is 20.8 Å². The van der Waals surface area contributed by atoms with E-state index in [2.05, 4.69) is 27.9 Å². The van der Waals surface area contributed by atoms with Crippen molar-refractivity contribution >= 4 is 28.7 Å². The van der Waals surface area contributed by atoms with Crippen LogP contribution in [0.5, 0.6) is 0 Å². The van der Waals surface area contributed by atoms with Crippen LogP contribution in [0.2, 0.25) is 0 Å². The molecule has 0 rings (SSSR count). The highest BCUT2D eigenvalue weighted by Crippen LogP contribution is 2.06. The topological polar surface area (TPSA) is 121 Å². The van der Waals surface area contributed by atoms with E-state index in [0.29, 0.717) is 119 Å². The highest BCUT2D eigenvalue weighted by Gasteiger charge is 2.15. The summed E-state index contributed by atoms with van der Waals surface area (Å²) in [7, 11) is 0. The summed E-state index contributed by atoms with van der Waals surface area (Å²) in [6.07, 6.45) is 4.52. The van der Waals surface area contributed by atoms with Gasteiger partial charge in [-0.2, -0.15) is 0 Å². The van der Waals surface area contributed by atoms with Gasteiger partial charge in [-0.25, -0.2) is 4.79 Å². The number of amides is 1. The van der Waals surface area contributed by atoms with E-state index in [1.54, 1.807) is 0 Å². The van der Waals surface area contributed by atoms with Crippen molar-refractivity contribution in [3.63, 3.8) is 0 Å². The zero-order valence-electron chi connectivity index (χ0n) is 26.3. The summed E-state index contributed by atoms with van der Waals surface area (Å²) >= 11 is 2.42. The van der Waals surface area contributed by atoms with Crippen LogP contribution in [-0.2, 0) is 47.4 Å². The SMILES string of the molecule is CC(C)(C)OC(=O)NCCOCCOCCOCCOCCOCCOCCOCCOCCOCCCCCCI. The number of nitrogens with one attached hydrogen (secondary N) is 1. The number of alkyl halides is 1. The molecule has 0 aromatic rings. The minimum absolute atomic E-state index is 0.388. The van der Waals surface area contributed by atoms with E-state index in [0.717, 1.165) is 13.0 Å². The molecular formula is C29H58INO11. The molecule has 0 bridgehead atoms. The predicted octanol–water partition coefficient (Wildman–Crippen LogP) is 3.66. The zero-order chi connectivity index (χ0) is 30.8. The van der Waals surface area contributed by atoms with E-state index >= 15 is 0 Å². The van der Waals surface area contributed by atoms with E-state index in [4.69, 9.17) is 47.4 Å². The van der Waals surface area contributed by atoms with Gasteiger partial charge in [0.15, 0.2) is 0 Å². The second-order valence-electron chi connectivity index (χ2n) is 10.0. The Balaban J connectivity index is 3.09. The molecule has 0 aromatic heterocycles. The lowest BCUT2D eigenvalue weighted by Crippen LogP contribution is -2.34. The maximum Gasteiger partial charge on any atom is 0.407 e. The fourth-order valence-corrected chi connectivity index (χ4v) is 3.59. The normalized spacial score (nSPS) is 11.7. The van der Waals surface area contributed by atoms with E-state index in [1.165, 1.54) is 23.7 Å². The summed E-state index contributed by atoms with van der Waals surface area (Å²) < 4.78 is 55.6. The molecule has 13 heteroatoms. The number of carbonyl (C=O) groups is 1. The maximum atomic E-state index is 11.5. The number of alkyl carbamates (subject to hydrolysis) is 1. The van der Waals surface area contributed by atoms with Crippen molar-refractivity contribution in [1.82, 2.24) is 5.32 Å². The van der Waals surface area contributed by atoms with Gasteiger partial charge in [-0.1, -0.05) is 35.4 Å². The van der Waals surface area contributed by atoms with Gasteiger partial charge in [0, 0.05) is 13.2 Å². The number of hydrogen-bond acceptors (Lipinski definition) is 11. The smallest absolute Gasteiger partial charge is 0.407 e. The molecule has 0 aliphatic carbocycles. The molecule has 0 radical (unpaired) electrons. The quantitative estimate of drug-likeness (QED) is 0.0607. The molecule has 1 N–H and O–H groups in total. The van der Waals surface area contributed by atoms with Crippen molar-refractivity contribution < 1.29 is 52.2 Å². The second-order valence-corrected chi connectivity index (χ2v) is 11.1. The first-order valence-electron chi connectivity index (χ1n) is 15.2. The van der Waals surface area contributed by atoms with Gasteiger partial charge >= 0.3 is 6.09 Å². The Hall–Kier alpha value is -0.360. The summed E-state index contributed by atoms with van der Waals surface area (Å²) in [4.78, 5) is 11.5. The molecule has 0 heterocycles. The van der Waals surface area contributed by atoms with Crippen molar-refractivity contribution in [1.29, 1.82) is 0 Å². The highest BCUT2D eigenvalue weighted by molar-refractivity contribution is 14.1. The molecule has 0 saturated heterocycles. The molecule has 0 unspecified atom stereocenters. The Labute approximate surface area is 267 Å². The van der Waals surface area contributed by atoms with Gasteiger partial charge in [0.25, 0.3) is 0 Å². The summed E-state index contributed by atoms with van der Waals surface area (Å²) in [6.45, 7) is 15.4. The number of hydrogen-bond donors (Lipinski definition) is 1. The number of rotatable bonds is 33. The third-order valence-electron chi connectivity index (χ3n) is 5.06. The minimum atomic E-state index is -0.506. The van der Waals surface area contributed by atoms with Gasteiger partial charge in [0.1, 0.15) is 5.60 Å². The summed E-state index contributed by atoms with van der Waals surface area (Å²) in [5.41, 5.74) is -0.506. The van der Waals surface area contributed by atoms with Crippen LogP contribution in [0.1, 0.15) is 46.5 Å². The molecular weight excluding hydrogens is 665 g/mol. The number of unbranched alkanes of at least 4 members (excludes halogenated alkanes) is 3. The molecule has 0 aliphatic heterocycles. The minimum Gasteiger partial charge on any atom is -0.444 e. The van der Waals surface area contributed by atoms with Crippen LogP contribution in [0.25, 0.3) is 0 Å². The Morgan fingerprint density at radius 3 is 1.12 bits per heavy atom. The standard InChI is InChI=1S/C29H58INO11/c1-29(2,3)42-28(32)31-9-11-34-13-15-36-17-19-38-21-23-40-25-27-41-26-24-39-22-20-37-18-16-35-14-12-33-10-7-5-4-6-8-30/h4-27H2,1-3H3,(H,31,32). The molecule has 0 saturated carbocycles. The Bertz CT molecular complexity index is 556. The van der Waals surface area contributed by atoms with E-state index in [-0.39, 0.29) is 0 Å². The first kappa shape index (κ1) is 41.6. The molecule has 252 valence electrons. The number of halogens is 1. The fraction of sp³-hybridized carbons (Fsp3) is 0.966. The van der Waals surface area contributed by atoms with Crippen molar-refractivity contribution in [2.45, 2.75) is 52.1 Å². The average molecular weight is 724 g/mol. The average Bonchev–Trinajstić information content (AvgIpc) is 2.94. The maximum absolute atomic E-state index is 11.5. The van der Waals surface area contributed by atoms with Crippen LogP contribution in [0.4, 0.5) is 4.79 Å². The Kier molecular flexibility index (Phi) is 33.2. The van der Waals surface area contributed by atoms with Crippen molar-refractivity contribution in [3.8, 4) is 0 Å². The second kappa shape index (κ2) is 33.5. The largest absolute Gasteiger partial charge is 0.444 e. The van der Waals surface area contributed by atoms with E-state index in [9.17, 15) is 4.79 Å². The van der Waals surface area contributed by atoms with Gasteiger partial charge in [-0.3, -0.25) is 0 Å². The Morgan fingerprint density at radius 1 is 0.476 bits per heavy atom. The lowest BCUT2D eigenvalue weighted by atomic mass is 10.2. The van der Waals surface area contributed by atoms with Gasteiger partial charge in [0.05, 0.1) is 112 Å². The molecule has 0 atom stereocenters. The van der Waals surface area contributed by atoms with Crippen LogP contribution in [0.15, 0.2) is 0 Å². The van der Waals surface area contributed by atoms with Gasteiger partial charge in [-0.05, 0) is 38.0 Å². The fourth-order valence-electron chi connectivity index (χ4n) is 3.05. The third kappa shape index (κ3) is 37.7. The van der Waals surface area contributed by atoms with E-state index < -0.39 is 11.7 Å². The summed E-state index contributed by atoms with van der Waals surface area (Å²) in [5, 5.41) is 2.63. The molecule has 0 fully saturated rings. The molecule has 42 heavy (non-hydrogen) atoms. The summed E-state index contributed by atoms with van der Waals surface area (Å²) in [5.74, 6) is 0. The summed E-state index contributed by atoms with van der Waals surface area (Å²) in [6, 6.07) is 0. The monoisotopic (exact) mass is 723 g/mol. The van der Waals surface area contributed by atoms with Crippen LogP contribution in [0, 0.1) is 0 Å². The Morgan fingerprint density at radius 2 is 0.786 bits per heavy atom. The predicted molar refractivity (Wildman–Crippen MR) is 169 cm³/mol. The van der Waals surface area contributed by atoms with Gasteiger partial charge < -0.3 is 52.7 Å². The molecule has 12 nitrogen and oxygen atoms in total. The zero-order valence-corrected chi connectivity index (χ0v) is 28.5. The highest BCUT2D eigenvalue weighted by atomic mass is 127. The van der Waals surface area contributed by atoms with Crippen LogP contribution >= 0.6 is 22.6 Å². The van der Waals surface area contributed by atoms with Crippen LogP contribution < -0.4 is 5.32 Å². The van der Waals surface area contributed by atoms with Crippen LogP contribution in [-0.4, -0.2) is 142 Å². The van der Waals surface area contributed by atoms with Crippen LogP contribution in [0.3, 0.4) is 0 Å². The van der Waals surface area contributed by atoms with Gasteiger partial charge in [0.2, 0.25) is 0 Å². The van der Waals surface area contributed by atoms with Crippen molar-refractivity contribution in [2.75, 3.05) is 130 Å². The van der Waals surface area contributed by atoms with Crippen molar-refractivity contribution in [3.05, 3.63) is 0 Å². The first-order chi connectivity index (χ1) is 20.5. The lowest BCUT2D eigenvalue weighted by molar-refractivity contribution is -0.0250. The molecule has 0 aliphatic rings. The van der Waals surface area contributed by atoms with Gasteiger partial charge in [-0.15, -0.1) is 0 Å². The molecule has 1 amide bonds.